The van der Waals surface area contributed by atoms with Crippen molar-refractivity contribution in [3.8, 4) is 0 Å². The van der Waals surface area contributed by atoms with E-state index in [0.717, 1.165) is 17.5 Å². The number of nitrogens with one attached hydrogen (secondary N) is 1. The molecule has 0 spiro atoms. The van der Waals surface area contributed by atoms with Gasteiger partial charge in [0.2, 0.25) is 0 Å². The maximum atomic E-state index is 12.0. The van der Waals surface area contributed by atoms with Gasteiger partial charge in [-0.25, -0.2) is 0 Å². The Hall–Kier alpha value is -1.84. The summed E-state index contributed by atoms with van der Waals surface area (Å²) in [6.07, 6.45) is 1.63. The van der Waals surface area contributed by atoms with E-state index >= 15 is 0 Å². The molecule has 0 aliphatic carbocycles. The van der Waals surface area contributed by atoms with Gasteiger partial charge in [-0.05, 0) is 44.2 Å². The van der Waals surface area contributed by atoms with Crippen molar-refractivity contribution in [2.45, 2.75) is 40.0 Å². The number of benzene rings is 1. The molecule has 0 saturated carbocycles. The first-order valence-electron chi connectivity index (χ1n) is 6.97. The van der Waals surface area contributed by atoms with Gasteiger partial charge in [0.1, 0.15) is 0 Å². The second-order valence-electron chi connectivity index (χ2n) is 5.40. The van der Waals surface area contributed by atoms with E-state index in [1.54, 1.807) is 0 Å². The highest BCUT2D eigenvalue weighted by atomic mass is 16.4. The van der Waals surface area contributed by atoms with Gasteiger partial charge in [0, 0.05) is 18.5 Å². The molecule has 1 atom stereocenters. The number of rotatable bonds is 7. The minimum Gasteiger partial charge on any atom is -0.481 e. The molecule has 110 valence electrons. The Morgan fingerprint density at radius 3 is 2.55 bits per heavy atom. The molecule has 4 heteroatoms. The topological polar surface area (TPSA) is 66.4 Å². The van der Waals surface area contributed by atoms with Crippen LogP contribution in [0.15, 0.2) is 18.2 Å². The fourth-order valence-corrected chi connectivity index (χ4v) is 2.11. The number of amides is 1. The third-order valence-electron chi connectivity index (χ3n) is 3.40. The van der Waals surface area contributed by atoms with Crippen molar-refractivity contribution < 1.29 is 14.7 Å². The lowest BCUT2D eigenvalue weighted by Crippen LogP contribution is -2.26. The normalized spacial score (nSPS) is 11.9. The number of carbonyl (C=O) groups is 2. The molecule has 0 fully saturated rings. The Morgan fingerprint density at radius 1 is 1.25 bits per heavy atom. The molecule has 0 aromatic heterocycles. The van der Waals surface area contributed by atoms with Gasteiger partial charge in [-0.3, -0.25) is 9.59 Å². The van der Waals surface area contributed by atoms with E-state index in [2.05, 4.69) is 5.32 Å². The fraction of sp³-hybridized carbons (Fsp3) is 0.500. The van der Waals surface area contributed by atoms with Gasteiger partial charge < -0.3 is 10.4 Å². The Kier molecular flexibility index (Phi) is 6.22. The number of aliphatic carboxylic acids is 1. The molecular formula is C16H23NO3. The number of hydrogen-bond acceptors (Lipinski definition) is 2. The summed E-state index contributed by atoms with van der Waals surface area (Å²) >= 11 is 0. The SMILES string of the molecule is Cc1ccc(C(=O)NCCC(C)CCC(=O)O)c(C)c1. The van der Waals surface area contributed by atoms with Crippen LogP contribution in [0.3, 0.4) is 0 Å². The van der Waals surface area contributed by atoms with Crippen LogP contribution >= 0.6 is 0 Å². The third-order valence-corrected chi connectivity index (χ3v) is 3.40. The van der Waals surface area contributed by atoms with E-state index in [9.17, 15) is 9.59 Å². The molecule has 0 aliphatic rings. The minimum atomic E-state index is -0.767. The highest BCUT2D eigenvalue weighted by Gasteiger charge is 2.10. The maximum absolute atomic E-state index is 12.0. The van der Waals surface area contributed by atoms with Gasteiger partial charge in [-0.2, -0.15) is 0 Å². The largest absolute Gasteiger partial charge is 0.481 e. The van der Waals surface area contributed by atoms with Crippen LogP contribution in [0.1, 0.15) is 47.7 Å². The smallest absolute Gasteiger partial charge is 0.303 e. The van der Waals surface area contributed by atoms with Gasteiger partial charge in [0.25, 0.3) is 5.91 Å². The zero-order chi connectivity index (χ0) is 15.1. The fourth-order valence-electron chi connectivity index (χ4n) is 2.11. The lowest BCUT2D eigenvalue weighted by molar-refractivity contribution is -0.137. The number of carbonyl (C=O) groups excluding carboxylic acids is 1. The van der Waals surface area contributed by atoms with Crippen LogP contribution in [0.25, 0.3) is 0 Å². The van der Waals surface area contributed by atoms with Crippen LogP contribution < -0.4 is 5.32 Å². The Morgan fingerprint density at radius 2 is 1.95 bits per heavy atom. The van der Waals surface area contributed by atoms with Gasteiger partial charge in [0.05, 0.1) is 0 Å². The van der Waals surface area contributed by atoms with Crippen LogP contribution in [0.2, 0.25) is 0 Å². The van der Waals surface area contributed by atoms with E-state index in [0.29, 0.717) is 24.4 Å². The standard InChI is InChI=1S/C16H23NO3/c1-11(5-7-15(18)19)8-9-17-16(20)14-6-4-12(2)10-13(14)3/h4,6,10-11H,5,7-9H2,1-3H3,(H,17,20)(H,18,19). The molecule has 0 heterocycles. The van der Waals surface area contributed by atoms with Crippen molar-refractivity contribution >= 4 is 11.9 Å². The molecule has 1 unspecified atom stereocenters. The lowest BCUT2D eigenvalue weighted by Gasteiger charge is -2.12. The average molecular weight is 277 g/mol. The number of aryl methyl sites for hydroxylation is 2. The van der Waals surface area contributed by atoms with Crippen molar-refractivity contribution in [2.24, 2.45) is 5.92 Å². The molecule has 1 rings (SSSR count). The van der Waals surface area contributed by atoms with Crippen LogP contribution in [0.5, 0.6) is 0 Å². The predicted octanol–water partition coefficient (Wildman–Crippen LogP) is 2.92. The highest BCUT2D eigenvalue weighted by Crippen LogP contribution is 2.12. The molecule has 0 radical (unpaired) electrons. The van der Waals surface area contributed by atoms with E-state index in [1.807, 2.05) is 39.0 Å². The third kappa shape index (κ3) is 5.43. The Balaban J connectivity index is 2.38. The summed E-state index contributed by atoms with van der Waals surface area (Å²) in [5.41, 5.74) is 2.82. The molecule has 1 aromatic carbocycles. The van der Waals surface area contributed by atoms with Crippen molar-refractivity contribution in [2.75, 3.05) is 6.54 Å². The number of carboxylic acid groups (broad SMARTS) is 1. The summed E-state index contributed by atoms with van der Waals surface area (Å²) in [7, 11) is 0. The van der Waals surface area contributed by atoms with Crippen molar-refractivity contribution in [1.82, 2.24) is 5.32 Å². The van der Waals surface area contributed by atoms with Crippen LogP contribution in [0.4, 0.5) is 0 Å². The second kappa shape index (κ2) is 7.68. The Labute approximate surface area is 120 Å². The maximum Gasteiger partial charge on any atom is 0.303 e. The average Bonchev–Trinajstić information content (AvgIpc) is 2.36. The molecule has 0 aliphatic heterocycles. The van der Waals surface area contributed by atoms with Gasteiger partial charge in [0.15, 0.2) is 0 Å². The molecule has 2 N–H and O–H groups in total. The van der Waals surface area contributed by atoms with Gasteiger partial charge in [-0.1, -0.05) is 24.6 Å². The molecule has 4 nitrogen and oxygen atoms in total. The molecule has 1 aromatic rings. The highest BCUT2D eigenvalue weighted by molar-refractivity contribution is 5.95. The predicted molar refractivity (Wildman–Crippen MR) is 78.9 cm³/mol. The van der Waals surface area contributed by atoms with Crippen LogP contribution in [-0.4, -0.2) is 23.5 Å². The molecule has 20 heavy (non-hydrogen) atoms. The molecule has 0 saturated heterocycles. The minimum absolute atomic E-state index is 0.0621. The van der Waals surface area contributed by atoms with Crippen LogP contribution in [0, 0.1) is 19.8 Å². The van der Waals surface area contributed by atoms with Crippen molar-refractivity contribution in [3.05, 3.63) is 34.9 Å². The molecule has 0 bridgehead atoms. The summed E-state index contributed by atoms with van der Waals surface area (Å²) in [6, 6.07) is 5.76. The van der Waals surface area contributed by atoms with Gasteiger partial charge in [-0.15, -0.1) is 0 Å². The monoisotopic (exact) mass is 277 g/mol. The zero-order valence-corrected chi connectivity index (χ0v) is 12.4. The van der Waals surface area contributed by atoms with Crippen LogP contribution in [-0.2, 0) is 4.79 Å². The number of carboxylic acids is 1. The van der Waals surface area contributed by atoms with E-state index in [-0.39, 0.29) is 12.3 Å². The summed E-state index contributed by atoms with van der Waals surface area (Å²) in [6.45, 7) is 6.51. The van der Waals surface area contributed by atoms with Gasteiger partial charge >= 0.3 is 5.97 Å². The van der Waals surface area contributed by atoms with Crippen molar-refractivity contribution in [1.29, 1.82) is 0 Å². The second-order valence-corrected chi connectivity index (χ2v) is 5.40. The van der Waals surface area contributed by atoms with E-state index in [4.69, 9.17) is 5.11 Å². The van der Waals surface area contributed by atoms with E-state index in [1.165, 1.54) is 0 Å². The number of hydrogen-bond donors (Lipinski definition) is 2. The lowest BCUT2D eigenvalue weighted by atomic mass is 10.0. The summed E-state index contributed by atoms with van der Waals surface area (Å²) in [5.74, 6) is -0.533. The summed E-state index contributed by atoms with van der Waals surface area (Å²) in [4.78, 5) is 22.5. The summed E-state index contributed by atoms with van der Waals surface area (Å²) < 4.78 is 0. The Bertz CT molecular complexity index is 483. The summed E-state index contributed by atoms with van der Waals surface area (Å²) in [5, 5.41) is 11.5. The molecule has 1 amide bonds. The first-order chi connectivity index (χ1) is 9.40. The van der Waals surface area contributed by atoms with E-state index < -0.39 is 5.97 Å². The molecular weight excluding hydrogens is 254 g/mol. The van der Waals surface area contributed by atoms with Crippen molar-refractivity contribution in [3.63, 3.8) is 0 Å². The first kappa shape index (κ1) is 16.2. The first-order valence-corrected chi connectivity index (χ1v) is 6.97. The quantitative estimate of drug-likeness (QED) is 0.805. The zero-order valence-electron chi connectivity index (χ0n) is 12.4.